The third-order valence-corrected chi connectivity index (χ3v) is 5.73. The van der Waals surface area contributed by atoms with Gasteiger partial charge in [-0.05, 0) is 50.6 Å². The van der Waals surface area contributed by atoms with Gasteiger partial charge in [-0.1, -0.05) is 33.6 Å². The molecule has 136 valence electrons. The van der Waals surface area contributed by atoms with E-state index in [0.717, 1.165) is 50.7 Å². The summed E-state index contributed by atoms with van der Waals surface area (Å²) in [5.74, 6) is 9.54. The number of likely N-dealkylation sites (tertiary alicyclic amines) is 2. The Hall–Kier alpha value is -1.01. The molecule has 0 N–H and O–H groups in total. The lowest BCUT2D eigenvalue weighted by molar-refractivity contribution is -0.135. The van der Waals surface area contributed by atoms with Crippen LogP contribution in [0.3, 0.4) is 0 Å². The molecule has 0 spiro atoms. The van der Waals surface area contributed by atoms with Crippen molar-refractivity contribution in [3.63, 3.8) is 0 Å². The van der Waals surface area contributed by atoms with Gasteiger partial charge in [0.05, 0.1) is 0 Å². The molecule has 0 unspecified atom stereocenters. The number of nitrogens with zero attached hydrogens (tertiary/aromatic N) is 2. The fraction of sp³-hybridized carbons (Fsp3) is 0.857. The molecule has 1 amide bonds. The predicted octanol–water partition coefficient (Wildman–Crippen LogP) is 3.64. The summed E-state index contributed by atoms with van der Waals surface area (Å²) in [5.41, 5.74) is 0. The van der Waals surface area contributed by atoms with Gasteiger partial charge in [-0.2, -0.15) is 0 Å². The average molecular weight is 333 g/mol. The van der Waals surface area contributed by atoms with Crippen LogP contribution < -0.4 is 0 Å². The molecule has 0 saturated carbocycles. The number of carbonyl (C=O) groups is 1. The summed E-state index contributed by atoms with van der Waals surface area (Å²) in [6, 6.07) is 0. The Labute approximate surface area is 149 Å². The molecule has 24 heavy (non-hydrogen) atoms. The monoisotopic (exact) mass is 332 g/mol. The lowest BCUT2D eigenvalue weighted by Crippen LogP contribution is -2.40. The first-order valence-corrected chi connectivity index (χ1v) is 9.97. The highest BCUT2D eigenvalue weighted by Crippen LogP contribution is 2.24. The summed E-state index contributed by atoms with van der Waals surface area (Å²) in [5, 5.41) is 0. The van der Waals surface area contributed by atoms with Gasteiger partial charge in [0.2, 0.25) is 5.91 Å². The Balaban J connectivity index is 1.62. The van der Waals surface area contributed by atoms with Crippen molar-refractivity contribution in [3.05, 3.63) is 0 Å². The summed E-state index contributed by atoms with van der Waals surface area (Å²) in [7, 11) is 0. The second-order valence-corrected chi connectivity index (χ2v) is 8.25. The Morgan fingerprint density at radius 1 is 1.00 bits per heavy atom. The van der Waals surface area contributed by atoms with Crippen LogP contribution in [0.25, 0.3) is 0 Å². The molecule has 0 aromatic heterocycles. The predicted molar refractivity (Wildman–Crippen MR) is 101 cm³/mol. The molecular formula is C21H36N2O. The highest BCUT2D eigenvalue weighted by molar-refractivity contribution is 5.78. The molecule has 2 aliphatic rings. The topological polar surface area (TPSA) is 23.6 Å². The van der Waals surface area contributed by atoms with Crippen molar-refractivity contribution in [2.24, 2.45) is 23.7 Å². The van der Waals surface area contributed by atoms with Gasteiger partial charge in [0, 0.05) is 37.9 Å². The number of rotatable bonds is 4. The van der Waals surface area contributed by atoms with Crippen LogP contribution >= 0.6 is 0 Å². The zero-order valence-electron chi connectivity index (χ0n) is 16.2. The second kappa shape index (κ2) is 9.47. The molecule has 0 aliphatic carbocycles. The number of carbonyl (C=O) groups excluding carboxylic acids is 1. The van der Waals surface area contributed by atoms with E-state index in [2.05, 4.69) is 30.6 Å². The average Bonchev–Trinajstić information content (AvgIpc) is 2.59. The van der Waals surface area contributed by atoms with Gasteiger partial charge in [-0.25, -0.2) is 0 Å². The van der Waals surface area contributed by atoms with Gasteiger partial charge >= 0.3 is 0 Å². The van der Waals surface area contributed by atoms with Crippen molar-refractivity contribution < 1.29 is 4.79 Å². The van der Waals surface area contributed by atoms with E-state index in [-0.39, 0.29) is 5.92 Å². The first-order chi connectivity index (χ1) is 11.5. The van der Waals surface area contributed by atoms with E-state index < -0.39 is 0 Å². The Morgan fingerprint density at radius 3 is 2.17 bits per heavy atom. The molecule has 2 heterocycles. The molecule has 2 rings (SSSR count). The second-order valence-electron chi connectivity index (χ2n) is 8.25. The Kier molecular flexibility index (Phi) is 7.62. The SMILES string of the molecule is CC(C)C(=O)N1CCC(C#CCCN2CCC(C(C)C)CC2)CC1. The van der Waals surface area contributed by atoms with Crippen LogP contribution in [0.1, 0.15) is 59.8 Å². The van der Waals surface area contributed by atoms with E-state index in [1.807, 2.05) is 18.7 Å². The van der Waals surface area contributed by atoms with Gasteiger partial charge in [0.15, 0.2) is 0 Å². The van der Waals surface area contributed by atoms with E-state index >= 15 is 0 Å². The van der Waals surface area contributed by atoms with Crippen LogP contribution in [0, 0.1) is 35.5 Å². The fourth-order valence-electron chi connectivity index (χ4n) is 3.88. The Morgan fingerprint density at radius 2 is 1.62 bits per heavy atom. The molecule has 3 nitrogen and oxygen atoms in total. The zero-order chi connectivity index (χ0) is 17.5. The van der Waals surface area contributed by atoms with Gasteiger partial charge in [-0.15, -0.1) is 5.92 Å². The summed E-state index contributed by atoms with van der Waals surface area (Å²) in [6.07, 6.45) is 5.80. The molecule has 2 fully saturated rings. The smallest absolute Gasteiger partial charge is 0.225 e. The van der Waals surface area contributed by atoms with Crippen LogP contribution in [0.5, 0.6) is 0 Å². The molecule has 0 atom stereocenters. The Bertz CT molecular complexity index is 444. The third-order valence-electron chi connectivity index (χ3n) is 5.73. The van der Waals surface area contributed by atoms with Crippen LogP contribution in [0.4, 0.5) is 0 Å². The van der Waals surface area contributed by atoms with Gasteiger partial charge in [0.1, 0.15) is 0 Å². The van der Waals surface area contributed by atoms with Gasteiger partial charge in [0.25, 0.3) is 0 Å². The minimum atomic E-state index is 0.118. The van der Waals surface area contributed by atoms with E-state index in [1.54, 1.807) is 0 Å². The number of hydrogen-bond donors (Lipinski definition) is 0. The molecular weight excluding hydrogens is 296 g/mol. The van der Waals surface area contributed by atoms with Crippen molar-refractivity contribution in [1.82, 2.24) is 9.80 Å². The van der Waals surface area contributed by atoms with E-state index in [4.69, 9.17) is 0 Å². The zero-order valence-corrected chi connectivity index (χ0v) is 16.2. The van der Waals surface area contributed by atoms with Crippen molar-refractivity contribution in [2.75, 3.05) is 32.7 Å². The maximum absolute atomic E-state index is 12.0. The summed E-state index contributed by atoms with van der Waals surface area (Å²) < 4.78 is 0. The molecule has 2 aliphatic heterocycles. The molecule has 2 saturated heterocycles. The minimum absolute atomic E-state index is 0.118. The first-order valence-electron chi connectivity index (χ1n) is 9.97. The molecule has 0 radical (unpaired) electrons. The molecule has 0 aromatic carbocycles. The maximum Gasteiger partial charge on any atom is 0.225 e. The fourth-order valence-corrected chi connectivity index (χ4v) is 3.88. The highest BCUT2D eigenvalue weighted by atomic mass is 16.2. The summed E-state index contributed by atoms with van der Waals surface area (Å²) >= 11 is 0. The maximum atomic E-state index is 12.0. The van der Waals surface area contributed by atoms with Gasteiger partial charge in [-0.3, -0.25) is 4.79 Å². The quantitative estimate of drug-likeness (QED) is 0.734. The normalized spacial score (nSPS) is 21.2. The van der Waals surface area contributed by atoms with E-state index in [0.29, 0.717) is 11.8 Å². The number of piperidine rings is 2. The van der Waals surface area contributed by atoms with Crippen LogP contribution in [-0.2, 0) is 4.79 Å². The third kappa shape index (κ3) is 5.81. The van der Waals surface area contributed by atoms with E-state index in [9.17, 15) is 4.79 Å². The summed E-state index contributed by atoms with van der Waals surface area (Å²) in [4.78, 5) is 16.6. The van der Waals surface area contributed by atoms with E-state index in [1.165, 1.54) is 25.9 Å². The lowest BCUT2D eigenvalue weighted by Gasteiger charge is -2.33. The van der Waals surface area contributed by atoms with Crippen LogP contribution in [-0.4, -0.2) is 48.4 Å². The lowest BCUT2D eigenvalue weighted by atomic mass is 9.87. The summed E-state index contributed by atoms with van der Waals surface area (Å²) in [6.45, 7) is 14.1. The van der Waals surface area contributed by atoms with Crippen molar-refractivity contribution in [3.8, 4) is 11.8 Å². The molecule has 0 bridgehead atoms. The highest BCUT2D eigenvalue weighted by Gasteiger charge is 2.23. The van der Waals surface area contributed by atoms with Crippen molar-refractivity contribution >= 4 is 5.91 Å². The van der Waals surface area contributed by atoms with Crippen LogP contribution in [0.2, 0.25) is 0 Å². The van der Waals surface area contributed by atoms with Crippen molar-refractivity contribution in [2.45, 2.75) is 59.8 Å². The largest absolute Gasteiger partial charge is 0.342 e. The molecule has 0 aromatic rings. The van der Waals surface area contributed by atoms with Crippen molar-refractivity contribution in [1.29, 1.82) is 0 Å². The number of hydrogen-bond acceptors (Lipinski definition) is 2. The minimum Gasteiger partial charge on any atom is -0.342 e. The van der Waals surface area contributed by atoms with Gasteiger partial charge < -0.3 is 9.80 Å². The standard InChI is InChI=1S/C21H36N2O/c1-17(2)20-10-13-22(14-11-20)12-6-5-7-19-8-15-23(16-9-19)21(24)18(3)4/h17-20H,6,8-16H2,1-4H3. The number of amides is 1. The first kappa shape index (κ1) is 19.3. The van der Waals surface area contributed by atoms with Crippen LogP contribution in [0.15, 0.2) is 0 Å². The molecule has 3 heteroatoms.